The second-order valence-electron chi connectivity index (χ2n) is 8.24. The van der Waals surface area contributed by atoms with Crippen molar-refractivity contribution in [2.24, 2.45) is 11.8 Å². The molecule has 1 saturated carbocycles. The lowest BCUT2D eigenvalue weighted by Crippen LogP contribution is -2.65. The molecule has 0 aromatic heterocycles. The summed E-state index contributed by atoms with van der Waals surface area (Å²) in [6.07, 6.45) is 3.19. The molecule has 5 atom stereocenters. The minimum Gasteiger partial charge on any atom is -0.360 e. The summed E-state index contributed by atoms with van der Waals surface area (Å²) >= 11 is 0. The maximum absolute atomic E-state index is 13.5. The normalized spacial score (nSPS) is 37.5. The highest BCUT2D eigenvalue weighted by molar-refractivity contribution is 5.76. The van der Waals surface area contributed by atoms with Gasteiger partial charge in [-0.15, -0.1) is 0 Å². The van der Waals surface area contributed by atoms with Crippen molar-refractivity contribution in [3.8, 4) is 0 Å². The molecule has 150 valence electrons. The summed E-state index contributed by atoms with van der Waals surface area (Å²) in [7, 11) is 0. The molecule has 1 aliphatic carbocycles. The number of hydrogen-bond donors (Lipinski definition) is 2. The van der Waals surface area contributed by atoms with Crippen molar-refractivity contribution in [2.75, 3.05) is 39.3 Å². The van der Waals surface area contributed by atoms with Gasteiger partial charge in [0.05, 0.1) is 6.04 Å². The summed E-state index contributed by atoms with van der Waals surface area (Å²) < 4.78 is 19.4. The van der Waals surface area contributed by atoms with E-state index in [1.165, 1.54) is 0 Å². The number of rotatable bonds is 6. The zero-order chi connectivity index (χ0) is 18.5. The fourth-order valence-corrected chi connectivity index (χ4v) is 4.59. The Kier molecular flexibility index (Phi) is 7.26. The Morgan fingerprint density at radius 1 is 1.23 bits per heavy atom. The molecule has 0 spiro atoms. The van der Waals surface area contributed by atoms with Crippen LogP contribution < -0.4 is 10.9 Å². The second kappa shape index (κ2) is 9.44. The minimum absolute atomic E-state index is 0.0329. The molecular formula is C19H35FN4O2. The van der Waals surface area contributed by atoms with Gasteiger partial charge < -0.3 is 9.64 Å². The van der Waals surface area contributed by atoms with Crippen LogP contribution in [0.25, 0.3) is 0 Å². The van der Waals surface area contributed by atoms with Gasteiger partial charge in [0, 0.05) is 45.8 Å². The van der Waals surface area contributed by atoms with E-state index in [1.54, 1.807) is 0 Å². The fraction of sp³-hybridized carbons (Fsp3) is 0.947. The molecule has 1 amide bonds. The first-order valence-corrected chi connectivity index (χ1v) is 10.3. The number of nitrogens with one attached hydrogen (secondary N) is 2. The average molecular weight is 371 g/mol. The van der Waals surface area contributed by atoms with Crippen LogP contribution in [0.2, 0.25) is 0 Å². The first-order chi connectivity index (χ1) is 12.6. The second-order valence-corrected chi connectivity index (χ2v) is 8.24. The lowest BCUT2D eigenvalue weighted by Gasteiger charge is -2.45. The summed E-state index contributed by atoms with van der Waals surface area (Å²) in [6, 6.07) is 0.0957. The van der Waals surface area contributed by atoms with Gasteiger partial charge in [0.2, 0.25) is 5.91 Å². The zero-order valence-electron chi connectivity index (χ0n) is 16.3. The van der Waals surface area contributed by atoms with Gasteiger partial charge in [-0.05, 0) is 37.5 Å². The Morgan fingerprint density at radius 3 is 2.69 bits per heavy atom. The first-order valence-electron chi connectivity index (χ1n) is 10.3. The van der Waals surface area contributed by atoms with Gasteiger partial charge in [-0.25, -0.2) is 9.82 Å². The molecule has 3 aliphatic rings. The van der Waals surface area contributed by atoms with E-state index in [1.807, 2.05) is 0 Å². The maximum atomic E-state index is 13.5. The highest BCUT2D eigenvalue weighted by atomic mass is 19.1. The number of piperazine rings is 1. The first kappa shape index (κ1) is 20.0. The van der Waals surface area contributed by atoms with Crippen LogP contribution in [0.5, 0.6) is 0 Å². The van der Waals surface area contributed by atoms with E-state index in [0.29, 0.717) is 24.9 Å². The van der Waals surface area contributed by atoms with Crippen molar-refractivity contribution < 1.29 is 13.9 Å². The van der Waals surface area contributed by atoms with Crippen LogP contribution in [0.1, 0.15) is 46.0 Å². The molecule has 26 heavy (non-hydrogen) atoms. The highest BCUT2D eigenvalue weighted by Gasteiger charge is 2.36. The molecular weight excluding hydrogens is 335 g/mol. The van der Waals surface area contributed by atoms with E-state index in [9.17, 15) is 9.18 Å². The number of ether oxygens (including phenoxy) is 1. The van der Waals surface area contributed by atoms with Crippen molar-refractivity contribution in [3.05, 3.63) is 0 Å². The van der Waals surface area contributed by atoms with Gasteiger partial charge in [-0.1, -0.05) is 13.8 Å². The Hall–Kier alpha value is -0.760. The molecule has 0 aromatic carbocycles. The smallest absolute Gasteiger partial charge is 0.235 e. The summed E-state index contributed by atoms with van der Waals surface area (Å²) in [5.74, 6) is 1.14. The third kappa shape index (κ3) is 5.15. The summed E-state index contributed by atoms with van der Waals surface area (Å²) in [6.45, 7) is 10.0. The van der Waals surface area contributed by atoms with Gasteiger partial charge in [0.1, 0.15) is 12.4 Å². The van der Waals surface area contributed by atoms with Crippen LogP contribution in [0, 0.1) is 11.8 Å². The molecule has 0 aromatic rings. The van der Waals surface area contributed by atoms with Gasteiger partial charge >= 0.3 is 0 Å². The Morgan fingerprint density at radius 2 is 2.00 bits per heavy atom. The third-order valence-corrected chi connectivity index (χ3v) is 6.25. The number of hydrazine groups is 1. The van der Waals surface area contributed by atoms with Gasteiger partial charge in [0.25, 0.3) is 0 Å². The largest absolute Gasteiger partial charge is 0.360 e. The number of halogens is 1. The highest BCUT2D eigenvalue weighted by Crippen LogP contribution is 2.32. The van der Waals surface area contributed by atoms with Crippen LogP contribution in [-0.4, -0.2) is 73.5 Å². The summed E-state index contributed by atoms with van der Waals surface area (Å²) in [5, 5.41) is 0. The number of alkyl halides is 1. The number of nitrogens with zero attached hydrogens (tertiary/aromatic N) is 2. The van der Waals surface area contributed by atoms with E-state index in [-0.39, 0.29) is 18.2 Å². The van der Waals surface area contributed by atoms with Crippen molar-refractivity contribution in [1.82, 2.24) is 20.7 Å². The van der Waals surface area contributed by atoms with Crippen LogP contribution in [0.15, 0.2) is 0 Å². The van der Waals surface area contributed by atoms with Crippen molar-refractivity contribution >= 4 is 5.91 Å². The molecule has 2 aliphatic heterocycles. The number of amides is 1. The van der Waals surface area contributed by atoms with Gasteiger partial charge in [-0.3, -0.25) is 15.1 Å². The Labute approximate surface area is 156 Å². The molecule has 7 heteroatoms. The molecule has 2 saturated heterocycles. The molecule has 5 unspecified atom stereocenters. The lowest BCUT2D eigenvalue weighted by molar-refractivity contribution is -0.136. The SMILES string of the molecule is CCCOC1NNC(=O)CC1N1CCN(CC2CCC(F)CC2C)CC1. The maximum Gasteiger partial charge on any atom is 0.235 e. The predicted molar refractivity (Wildman–Crippen MR) is 99.1 cm³/mol. The van der Waals surface area contributed by atoms with E-state index in [2.05, 4.69) is 34.5 Å². The Bertz CT molecular complexity index is 459. The quantitative estimate of drug-likeness (QED) is 0.743. The summed E-state index contributed by atoms with van der Waals surface area (Å²) in [4.78, 5) is 16.7. The Balaban J connectivity index is 1.48. The molecule has 0 bridgehead atoms. The van der Waals surface area contributed by atoms with Crippen LogP contribution >= 0.6 is 0 Å². The van der Waals surface area contributed by atoms with Gasteiger partial charge in [0.15, 0.2) is 0 Å². The predicted octanol–water partition coefficient (Wildman–Crippen LogP) is 1.52. The van der Waals surface area contributed by atoms with Crippen LogP contribution in [0.4, 0.5) is 4.39 Å². The van der Waals surface area contributed by atoms with E-state index in [4.69, 9.17) is 4.74 Å². The van der Waals surface area contributed by atoms with E-state index >= 15 is 0 Å². The van der Waals surface area contributed by atoms with Crippen molar-refractivity contribution in [2.45, 2.75) is 64.4 Å². The topological polar surface area (TPSA) is 56.8 Å². The van der Waals surface area contributed by atoms with Gasteiger partial charge in [-0.2, -0.15) is 0 Å². The van der Waals surface area contributed by atoms with Crippen molar-refractivity contribution in [3.63, 3.8) is 0 Å². The number of carbonyl (C=O) groups excluding carboxylic acids is 1. The molecule has 3 rings (SSSR count). The van der Waals surface area contributed by atoms with Crippen molar-refractivity contribution in [1.29, 1.82) is 0 Å². The molecule has 0 radical (unpaired) electrons. The monoisotopic (exact) mass is 370 g/mol. The summed E-state index contributed by atoms with van der Waals surface area (Å²) in [5.41, 5.74) is 5.73. The molecule has 2 heterocycles. The van der Waals surface area contributed by atoms with Crippen LogP contribution in [-0.2, 0) is 9.53 Å². The number of hydrogen-bond acceptors (Lipinski definition) is 5. The van der Waals surface area contributed by atoms with E-state index in [0.717, 1.165) is 58.4 Å². The average Bonchev–Trinajstić information content (AvgIpc) is 2.63. The molecule has 2 N–H and O–H groups in total. The number of carbonyl (C=O) groups is 1. The lowest BCUT2D eigenvalue weighted by atomic mass is 9.79. The van der Waals surface area contributed by atoms with Crippen LogP contribution in [0.3, 0.4) is 0 Å². The minimum atomic E-state index is -0.594. The fourth-order valence-electron chi connectivity index (χ4n) is 4.59. The molecule has 6 nitrogen and oxygen atoms in total. The third-order valence-electron chi connectivity index (χ3n) is 6.25. The zero-order valence-corrected chi connectivity index (χ0v) is 16.3. The standard InChI is InChI=1S/C19H35FN4O2/c1-3-10-26-19-17(12-18(25)21-22-19)24-8-6-23(7-9-24)13-15-4-5-16(20)11-14(15)2/h14-17,19,22H,3-13H2,1-2H3,(H,21,25). The molecule has 3 fully saturated rings. The van der Waals surface area contributed by atoms with E-state index < -0.39 is 6.17 Å².